The maximum absolute atomic E-state index is 6.26. The second-order valence-electron chi connectivity index (χ2n) is 6.95. The summed E-state index contributed by atoms with van der Waals surface area (Å²) in [5.74, 6) is 1.07. The highest BCUT2D eigenvalue weighted by molar-refractivity contribution is 7.07. The highest BCUT2D eigenvalue weighted by atomic mass is 35.5. The predicted molar refractivity (Wildman–Crippen MR) is 106 cm³/mol. The van der Waals surface area contributed by atoms with Crippen LogP contribution in [0.25, 0.3) is 0 Å². The van der Waals surface area contributed by atoms with Gasteiger partial charge in [0.2, 0.25) is 0 Å². The van der Waals surface area contributed by atoms with E-state index in [4.69, 9.17) is 28.2 Å². The van der Waals surface area contributed by atoms with Crippen molar-refractivity contribution < 1.29 is 0 Å². The summed E-state index contributed by atoms with van der Waals surface area (Å²) in [5.41, 5.74) is 5.17. The molecule has 0 unspecified atom stereocenters. The molecule has 0 bridgehead atoms. The minimum absolute atomic E-state index is 0.0483. The molecule has 0 radical (unpaired) electrons. The van der Waals surface area contributed by atoms with E-state index in [1.165, 1.54) is 5.56 Å². The Morgan fingerprint density at radius 3 is 2.76 bits per heavy atom. The average molecular weight is 395 g/mol. The smallest absolute Gasteiger partial charge is 0.108 e. The quantitative estimate of drug-likeness (QED) is 0.799. The number of hydrogen-bond donors (Lipinski definition) is 1. The molecule has 1 N–H and O–H groups in total. The summed E-state index contributed by atoms with van der Waals surface area (Å²) in [6.07, 6.45) is 3.13. The van der Waals surface area contributed by atoms with Crippen LogP contribution < -0.4 is 5.32 Å². The molecule has 2 aromatic rings. The lowest BCUT2D eigenvalue weighted by atomic mass is 9.70. The first kappa shape index (κ1) is 17.3. The lowest BCUT2D eigenvalue weighted by molar-refractivity contribution is 0.178. The molecule has 3 heterocycles. The van der Waals surface area contributed by atoms with Crippen LogP contribution in [0.2, 0.25) is 10.0 Å². The monoisotopic (exact) mass is 394 g/mol. The number of nitrogens with one attached hydrogen (secondary N) is 1. The van der Waals surface area contributed by atoms with Crippen molar-refractivity contribution in [2.75, 3.05) is 25.5 Å². The van der Waals surface area contributed by atoms with Crippen LogP contribution in [0.3, 0.4) is 0 Å². The number of likely N-dealkylation sites (tertiary alicyclic amines) is 1. The average Bonchev–Trinajstić information content (AvgIpc) is 3.11. The van der Waals surface area contributed by atoms with E-state index in [9.17, 15) is 0 Å². The number of anilines is 1. The molecule has 0 aliphatic carbocycles. The van der Waals surface area contributed by atoms with E-state index in [-0.39, 0.29) is 5.41 Å². The van der Waals surface area contributed by atoms with Crippen molar-refractivity contribution in [3.63, 3.8) is 0 Å². The Morgan fingerprint density at radius 2 is 2.04 bits per heavy atom. The molecule has 1 saturated heterocycles. The first-order valence-electron chi connectivity index (χ1n) is 8.41. The van der Waals surface area contributed by atoms with Gasteiger partial charge < -0.3 is 10.2 Å². The van der Waals surface area contributed by atoms with Gasteiger partial charge in [0, 0.05) is 16.5 Å². The number of hydrogen-bond acceptors (Lipinski definition) is 4. The number of aliphatic imine (C=N–C) groups is 1. The number of thiazole rings is 1. The van der Waals surface area contributed by atoms with E-state index < -0.39 is 0 Å². The molecule has 2 aliphatic heterocycles. The number of halogens is 2. The van der Waals surface area contributed by atoms with E-state index in [1.54, 1.807) is 11.3 Å². The standard InChI is InChI=1S/C18H20Cl2N4S/c1-24-4-2-18(3-5-24)8-12-6-14(19)15(20)7-16(12)23-17(18)21-9-13-10-25-11-22-13/h6-7,10-11H,2-5,8-9H2,1H3,(H,21,23). The van der Waals surface area contributed by atoms with Crippen molar-refractivity contribution in [2.45, 2.75) is 25.8 Å². The maximum Gasteiger partial charge on any atom is 0.108 e. The van der Waals surface area contributed by atoms with Crippen LogP contribution in [-0.4, -0.2) is 35.9 Å². The number of piperidine rings is 1. The Kier molecular flexibility index (Phi) is 4.75. The van der Waals surface area contributed by atoms with Crippen molar-refractivity contribution in [3.05, 3.63) is 44.3 Å². The SMILES string of the molecule is CN1CCC2(CC1)Cc1cc(Cl)c(Cl)cc1NC2=NCc1cscn1. The first-order valence-corrected chi connectivity index (χ1v) is 10.1. The van der Waals surface area contributed by atoms with Gasteiger partial charge in [-0.3, -0.25) is 4.99 Å². The van der Waals surface area contributed by atoms with E-state index in [2.05, 4.69) is 27.6 Å². The Bertz CT molecular complexity index is 796. The third kappa shape index (κ3) is 3.43. The molecule has 1 aromatic heterocycles. The molecule has 0 atom stereocenters. The van der Waals surface area contributed by atoms with Crippen molar-refractivity contribution in [1.82, 2.24) is 9.88 Å². The summed E-state index contributed by atoms with van der Waals surface area (Å²) >= 11 is 14.1. The summed E-state index contributed by atoms with van der Waals surface area (Å²) < 4.78 is 0. The van der Waals surface area contributed by atoms with Crippen LogP contribution >= 0.6 is 34.5 Å². The molecule has 4 rings (SSSR count). The highest BCUT2D eigenvalue weighted by Crippen LogP contribution is 2.44. The fourth-order valence-electron chi connectivity index (χ4n) is 3.70. The molecule has 2 aliphatic rings. The third-order valence-corrected chi connectivity index (χ3v) is 6.61. The second-order valence-corrected chi connectivity index (χ2v) is 8.49. The normalized spacial score (nSPS) is 21.3. The minimum atomic E-state index is 0.0483. The molecular formula is C18H20Cl2N4S. The van der Waals surface area contributed by atoms with Crippen molar-refractivity contribution in [3.8, 4) is 0 Å². The van der Waals surface area contributed by atoms with Crippen LogP contribution in [-0.2, 0) is 13.0 Å². The summed E-state index contributed by atoms with van der Waals surface area (Å²) in [6, 6.07) is 3.92. The van der Waals surface area contributed by atoms with Crippen LogP contribution in [0.1, 0.15) is 24.1 Å². The fourth-order valence-corrected chi connectivity index (χ4v) is 4.60. The molecule has 1 spiro atoms. The van der Waals surface area contributed by atoms with Gasteiger partial charge in [-0.25, -0.2) is 4.98 Å². The minimum Gasteiger partial charge on any atom is -0.343 e. The summed E-state index contributed by atoms with van der Waals surface area (Å²) in [5, 5.41) is 6.81. The van der Waals surface area contributed by atoms with Gasteiger partial charge in [-0.15, -0.1) is 11.3 Å². The third-order valence-electron chi connectivity index (χ3n) is 5.26. The lowest BCUT2D eigenvalue weighted by Crippen LogP contribution is -2.49. The predicted octanol–water partition coefficient (Wildman–Crippen LogP) is 4.73. The van der Waals surface area contributed by atoms with Crippen LogP contribution in [0, 0.1) is 5.41 Å². The Labute approximate surface area is 161 Å². The zero-order valence-electron chi connectivity index (χ0n) is 14.1. The molecule has 7 heteroatoms. The van der Waals surface area contributed by atoms with Crippen LogP contribution in [0.15, 0.2) is 28.0 Å². The van der Waals surface area contributed by atoms with E-state index in [0.717, 1.165) is 49.6 Å². The summed E-state index contributed by atoms with van der Waals surface area (Å²) in [6.45, 7) is 2.77. The number of rotatable bonds is 2. The van der Waals surface area contributed by atoms with E-state index in [0.29, 0.717) is 16.6 Å². The van der Waals surface area contributed by atoms with Gasteiger partial charge in [0.15, 0.2) is 0 Å². The lowest BCUT2D eigenvalue weighted by Gasteiger charge is -2.45. The molecule has 4 nitrogen and oxygen atoms in total. The van der Waals surface area contributed by atoms with E-state index >= 15 is 0 Å². The topological polar surface area (TPSA) is 40.5 Å². The maximum atomic E-state index is 6.26. The Morgan fingerprint density at radius 1 is 1.28 bits per heavy atom. The van der Waals surface area contributed by atoms with Crippen molar-refractivity contribution in [2.24, 2.45) is 10.4 Å². The van der Waals surface area contributed by atoms with Gasteiger partial charge in [-0.2, -0.15) is 0 Å². The molecular weight excluding hydrogens is 375 g/mol. The molecule has 25 heavy (non-hydrogen) atoms. The zero-order valence-corrected chi connectivity index (χ0v) is 16.4. The van der Waals surface area contributed by atoms with E-state index in [1.807, 2.05) is 17.6 Å². The van der Waals surface area contributed by atoms with Crippen molar-refractivity contribution in [1.29, 1.82) is 0 Å². The van der Waals surface area contributed by atoms with Gasteiger partial charge in [0.05, 0.1) is 27.8 Å². The number of amidine groups is 1. The fraction of sp³-hybridized carbons (Fsp3) is 0.444. The van der Waals surface area contributed by atoms with Gasteiger partial charge >= 0.3 is 0 Å². The molecule has 1 aromatic carbocycles. The Hall–Kier alpha value is -1.14. The number of benzene rings is 1. The summed E-state index contributed by atoms with van der Waals surface area (Å²) in [7, 11) is 2.18. The van der Waals surface area contributed by atoms with Gasteiger partial charge in [-0.05, 0) is 57.1 Å². The molecule has 1 fully saturated rings. The first-order chi connectivity index (χ1) is 12.1. The van der Waals surface area contributed by atoms with Crippen molar-refractivity contribution >= 4 is 46.1 Å². The zero-order chi connectivity index (χ0) is 17.4. The number of nitrogens with zero attached hydrogens (tertiary/aromatic N) is 3. The molecule has 0 saturated carbocycles. The van der Waals surface area contributed by atoms with Gasteiger partial charge in [-0.1, -0.05) is 23.2 Å². The van der Waals surface area contributed by atoms with Crippen LogP contribution in [0.5, 0.6) is 0 Å². The van der Waals surface area contributed by atoms with Gasteiger partial charge in [0.25, 0.3) is 0 Å². The Balaban J connectivity index is 1.70. The molecule has 0 amide bonds. The largest absolute Gasteiger partial charge is 0.343 e. The summed E-state index contributed by atoms with van der Waals surface area (Å²) in [4.78, 5) is 11.7. The number of fused-ring (bicyclic) bond motifs is 1. The number of aromatic nitrogens is 1. The van der Waals surface area contributed by atoms with Crippen LogP contribution in [0.4, 0.5) is 5.69 Å². The highest BCUT2D eigenvalue weighted by Gasteiger charge is 2.42. The second kappa shape index (κ2) is 6.88. The molecule has 132 valence electrons. The van der Waals surface area contributed by atoms with Gasteiger partial charge in [0.1, 0.15) is 5.84 Å².